The second-order valence-corrected chi connectivity index (χ2v) is 8.09. The number of nitro groups is 1. The first-order valence-corrected chi connectivity index (χ1v) is 11.2. The Morgan fingerprint density at radius 1 is 1.14 bits per heavy atom. The Morgan fingerprint density at radius 2 is 2.00 bits per heavy atom. The summed E-state index contributed by atoms with van der Waals surface area (Å²) >= 11 is 0. The van der Waals surface area contributed by atoms with Gasteiger partial charge >= 0.3 is 5.95 Å². The second kappa shape index (κ2) is 9.82. The van der Waals surface area contributed by atoms with Gasteiger partial charge in [-0.1, -0.05) is 23.2 Å². The molecular weight excluding hydrogens is 465 g/mol. The summed E-state index contributed by atoms with van der Waals surface area (Å²) in [5.74, 6) is -0.344. The van der Waals surface area contributed by atoms with Crippen LogP contribution in [0.15, 0.2) is 73.3 Å². The Bertz CT molecular complexity index is 1550. The lowest BCUT2D eigenvalue weighted by Gasteiger charge is -2.10. The number of anilines is 2. The van der Waals surface area contributed by atoms with Crippen LogP contribution < -0.4 is 10.1 Å². The van der Waals surface area contributed by atoms with Crippen molar-refractivity contribution in [1.82, 2.24) is 24.1 Å². The molecule has 36 heavy (non-hydrogen) atoms. The predicted octanol–water partition coefficient (Wildman–Crippen LogP) is 5.09. The fourth-order valence-corrected chi connectivity index (χ4v) is 4.00. The van der Waals surface area contributed by atoms with E-state index in [1.807, 2.05) is 48.1 Å². The van der Waals surface area contributed by atoms with Crippen LogP contribution in [0.1, 0.15) is 6.42 Å². The van der Waals surface area contributed by atoms with Crippen LogP contribution in [0.4, 0.5) is 22.0 Å². The van der Waals surface area contributed by atoms with E-state index in [2.05, 4.69) is 20.3 Å². The van der Waals surface area contributed by atoms with E-state index in [0.29, 0.717) is 24.6 Å². The number of hydrogen-bond acceptors (Lipinski definition) is 7. The molecule has 0 saturated heterocycles. The van der Waals surface area contributed by atoms with E-state index >= 15 is 0 Å². The molecule has 1 N–H and O–H groups in total. The average molecular weight is 487 g/mol. The zero-order valence-electron chi connectivity index (χ0n) is 19.3. The number of ether oxygens (including phenoxy) is 1. The van der Waals surface area contributed by atoms with Gasteiger partial charge in [0.15, 0.2) is 11.6 Å². The van der Waals surface area contributed by atoms with Gasteiger partial charge in [0, 0.05) is 54.1 Å². The summed E-state index contributed by atoms with van der Waals surface area (Å²) in [5.41, 5.74) is 3.31. The lowest BCUT2D eigenvalue weighted by atomic mass is 10.1. The van der Waals surface area contributed by atoms with Crippen LogP contribution in [-0.4, -0.2) is 35.6 Å². The van der Waals surface area contributed by atoms with Crippen molar-refractivity contribution in [3.8, 4) is 17.0 Å². The first kappa shape index (κ1) is 23.0. The van der Waals surface area contributed by atoms with Gasteiger partial charge in [0.25, 0.3) is 0 Å². The van der Waals surface area contributed by atoms with Gasteiger partial charge in [-0.05, 0) is 29.2 Å². The molecule has 0 unspecified atom stereocenters. The van der Waals surface area contributed by atoms with Gasteiger partial charge in [-0.2, -0.15) is 0 Å². The highest BCUT2D eigenvalue weighted by molar-refractivity contribution is 5.95. The van der Waals surface area contributed by atoms with Crippen molar-refractivity contribution >= 4 is 28.5 Å². The number of hydrogen-bond donors (Lipinski definition) is 1. The molecule has 0 atom stereocenters. The minimum atomic E-state index is -0.548. The molecule has 0 aliphatic rings. The molecule has 182 valence electrons. The van der Waals surface area contributed by atoms with Gasteiger partial charge in [-0.3, -0.25) is 0 Å². The van der Waals surface area contributed by atoms with Gasteiger partial charge < -0.3 is 24.7 Å². The van der Waals surface area contributed by atoms with Crippen molar-refractivity contribution in [2.75, 3.05) is 11.9 Å². The number of halogens is 1. The molecule has 5 rings (SSSR count). The van der Waals surface area contributed by atoms with E-state index < -0.39 is 10.7 Å². The highest BCUT2D eigenvalue weighted by atomic mass is 19.1. The van der Waals surface area contributed by atoms with Crippen LogP contribution in [0.25, 0.3) is 22.2 Å². The Hall–Kier alpha value is -4.80. The molecule has 0 fully saturated rings. The Balaban J connectivity index is 1.23. The molecule has 0 saturated carbocycles. The highest BCUT2D eigenvalue weighted by Gasteiger charge is 2.14. The molecule has 10 nitrogen and oxygen atoms in total. The minimum Gasteiger partial charge on any atom is -0.490 e. The monoisotopic (exact) mass is 487 g/mol. The zero-order valence-corrected chi connectivity index (χ0v) is 19.3. The van der Waals surface area contributed by atoms with E-state index in [1.54, 1.807) is 12.3 Å². The molecule has 5 aromatic rings. The van der Waals surface area contributed by atoms with E-state index in [-0.39, 0.29) is 18.3 Å². The molecule has 0 spiro atoms. The largest absolute Gasteiger partial charge is 0.490 e. The second-order valence-electron chi connectivity index (χ2n) is 8.09. The predicted molar refractivity (Wildman–Crippen MR) is 133 cm³/mol. The molecule has 3 aromatic heterocycles. The Labute approximate surface area is 205 Å². The van der Waals surface area contributed by atoms with Crippen molar-refractivity contribution in [2.45, 2.75) is 13.0 Å². The average Bonchev–Trinajstić information content (AvgIpc) is 3.48. The lowest BCUT2D eigenvalue weighted by Crippen LogP contribution is -2.07. The third kappa shape index (κ3) is 4.71. The van der Waals surface area contributed by atoms with Crippen LogP contribution >= 0.6 is 0 Å². The summed E-state index contributed by atoms with van der Waals surface area (Å²) in [6, 6.07) is 14.4. The standard InChI is InChI=1S/C25H22FN7O3/c1-31-16-19(18-5-2-3-6-22(18)31)21-9-10-27-24(30-21)29-17-7-8-23(20(26)15-17)36-14-4-12-32-13-11-28-25(32)33(34)35/h2-3,5-11,13,15-16H,4,12,14H2,1H3,(H,27,29,30). The third-order valence-corrected chi connectivity index (χ3v) is 5.67. The maximum absolute atomic E-state index is 14.6. The van der Waals surface area contributed by atoms with Crippen LogP contribution in [-0.2, 0) is 13.6 Å². The van der Waals surface area contributed by atoms with Crippen molar-refractivity contribution in [3.05, 3.63) is 89.2 Å². The fourth-order valence-electron chi connectivity index (χ4n) is 4.00. The number of rotatable bonds is 9. The summed E-state index contributed by atoms with van der Waals surface area (Å²) in [6.45, 7) is 0.525. The van der Waals surface area contributed by atoms with Crippen molar-refractivity contribution in [1.29, 1.82) is 0 Å². The maximum Gasteiger partial charge on any atom is 0.434 e. The number of nitrogens with one attached hydrogen (secondary N) is 1. The molecule has 2 aromatic carbocycles. The minimum absolute atomic E-state index is 0.0890. The Kier molecular flexibility index (Phi) is 6.27. The third-order valence-electron chi connectivity index (χ3n) is 5.67. The van der Waals surface area contributed by atoms with E-state index in [4.69, 9.17) is 4.74 Å². The van der Waals surface area contributed by atoms with Crippen LogP contribution in [0, 0.1) is 15.9 Å². The van der Waals surface area contributed by atoms with E-state index in [0.717, 1.165) is 22.2 Å². The summed E-state index contributed by atoms with van der Waals surface area (Å²) < 4.78 is 23.6. The quantitative estimate of drug-likeness (QED) is 0.175. The van der Waals surface area contributed by atoms with Crippen LogP contribution in [0.5, 0.6) is 5.75 Å². The number of aryl methyl sites for hydroxylation is 2. The number of benzene rings is 2. The van der Waals surface area contributed by atoms with Gasteiger partial charge in [0.05, 0.1) is 18.8 Å². The summed E-state index contributed by atoms with van der Waals surface area (Å²) in [4.78, 5) is 22.9. The number of fused-ring (bicyclic) bond motifs is 1. The molecule has 0 radical (unpaired) electrons. The van der Waals surface area contributed by atoms with Gasteiger partial charge in [-0.25, -0.2) is 18.9 Å². The molecule has 0 bridgehead atoms. The normalized spacial score (nSPS) is 11.1. The fraction of sp³-hybridized carbons (Fsp3) is 0.160. The number of para-hydroxylation sites is 1. The smallest absolute Gasteiger partial charge is 0.434 e. The maximum atomic E-state index is 14.6. The Morgan fingerprint density at radius 3 is 2.83 bits per heavy atom. The van der Waals surface area contributed by atoms with Crippen LogP contribution in [0.2, 0.25) is 0 Å². The number of aromatic nitrogens is 5. The number of nitrogens with zero attached hydrogens (tertiary/aromatic N) is 6. The topological polar surface area (TPSA) is 113 Å². The molecule has 0 aliphatic heterocycles. The van der Waals surface area contributed by atoms with Crippen molar-refractivity contribution in [2.24, 2.45) is 7.05 Å². The highest BCUT2D eigenvalue weighted by Crippen LogP contribution is 2.30. The van der Waals surface area contributed by atoms with E-state index in [1.165, 1.54) is 29.1 Å². The van der Waals surface area contributed by atoms with Crippen molar-refractivity contribution in [3.63, 3.8) is 0 Å². The van der Waals surface area contributed by atoms with E-state index in [9.17, 15) is 14.5 Å². The van der Waals surface area contributed by atoms with Gasteiger partial charge in [0.1, 0.15) is 12.4 Å². The summed E-state index contributed by atoms with van der Waals surface area (Å²) in [7, 11) is 1.99. The SMILES string of the molecule is Cn1cc(-c2ccnc(Nc3ccc(OCCCn4ccnc4[N+](=O)[O-])c(F)c3)n2)c2ccccc21. The molecule has 11 heteroatoms. The summed E-state index contributed by atoms with van der Waals surface area (Å²) in [6.07, 6.45) is 7.02. The zero-order chi connectivity index (χ0) is 25.1. The van der Waals surface area contributed by atoms with Gasteiger partial charge in [0.2, 0.25) is 5.95 Å². The van der Waals surface area contributed by atoms with Crippen molar-refractivity contribution < 1.29 is 14.1 Å². The van der Waals surface area contributed by atoms with Crippen LogP contribution in [0.3, 0.4) is 0 Å². The molecule has 0 amide bonds. The lowest BCUT2D eigenvalue weighted by molar-refractivity contribution is -0.396. The molecule has 3 heterocycles. The van der Waals surface area contributed by atoms with Gasteiger partial charge in [-0.15, -0.1) is 0 Å². The summed E-state index contributed by atoms with van der Waals surface area (Å²) in [5, 5.41) is 15.0. The first-order chi connectivity index (χ1) is 17.5. The molecule has 0 aliphatic carbocycles. The first-order valence-electron chi connectivity index (χ1n) is 11.2. The molecular formula is C25H22FN7O3. The number of imidazole rings is 1.